The summed E-state index contributed by atoms with van der Waals surface area (Å²) in [6.07, 6.45) is 4.97. The Hall–Kier alpha value is -0.920. The molecule has 1 aromatic rings. The Bertz CT molecular complexity index is 536. The minimum atomic E-state index is -3.68. The highest BCUT2D eigenvalue weighted by Gasteiger charge is 2.29. The Balaban J connectivity index is 1.79. The van der Waals surface area contributed by atoms with Crippen LogP contribution in [-0.2, 0) is 16.6 Å². The van der Waals surface area contributed by atoms with Gasteiger partial charge in [0.05, 0.1) is 0 Å². The Morgan fingerprint density at radius 2 is 2.32 bits per heavy atom. The molecule has 1 aliphatic rings. The highest BCUT2D eigenvalue weighted by atomic mass is 32.2. The van der Waals surface area contributed by atoms with E-state index in [2.05, 4.69) is 24.3 Å². The monoisotopic (exact) mass is 286 g/mol. The second-order valence-corrected chi connectivity index (χ2v) is 7.45. The average Bonchev–Trinajstić information content (AvgIpc) is 2.85. The third kappa shape index (κ3) is 4.02. The fraction of sp³-hybridized carbons (Fsp3) is 0.750. The molecular formula is C12H22N4O2S. The number of nitrogens with one attached hydrogen (secondary N) is 1. The number of aromatic nitrogens is 2. The van der Waals surface area contributed by atoms with Gasteiger partial charge in [0, 0.05) is 18.3 Å². The van der Waals surface area contributed by atoms with Crippen molar-refractivity contribution < 1.29 is 8.42 Å². The summed E-state index contributed by atoms with van der Waals surface area (Å²) in [5.41, 5.74) is 0.247. The van der Waals surface area contributed by atoms with Crippen molar-refractivity contribution in [2.45, 2.75) is 50.2 Å². The number of nitrogens with two attached hydrogens (primary N) is 1. The van der Waals surface area contributed by atoms with E-state index in [0.29, 0.717) is 5.92 Å². The van der Waals surface area contributed by atoms with Gasteiger partial charge < -0.3 is 5.32 Å². The zero-order valence-corrected chi connectivity index (χ0v) is 12.3. The van der Waals surface area contributed by atoms with Crippen LogP contribution in [0.15, 0.2) is 17.3 Å². The van der Waals surface area contributed by atoms with Gasteiger partial charge in [-0.05, 0) is 51.6 Å². The maximum Gasteiger partial charge on any atom is 0.257 e. The predicted octanol–water partition coefficient (Wildman–Crippen LogP) is 0.699. The van der Waals surface area contributed by atoms with E-state index in [9.17, 15) is 8.42 Å². The molecule has 1 aliphatic heterocycles. The van der Waals surface area contributed by atoms with Gasteiger partial charge >= 0.3 is 0 Å². The quantitative estimate of drug-likeness (QED) is 0.833. The molecule has 19 heavy (non-hydrogen) atoms. The number of aryl methyl sites for hydroxylation is 1. The summed E-state index contributed by atoms with van der Waals surface area (Å²) in [6.45, 7) is 6.23. The van der Waals surface area contributed by atoms with E-state index in [1.165, 1.54) is 12.5 Å². The van der Waals surface area contributed by atoms with Crippen LogP contribution in [0.1, 0.15) is 33.1 Å². The van der Waals surface area contributed by atoms with E-state index in [1.807, 2.05) is 0 Å². The molecule has 0 aromatic carbocycles. The number of primary sulfonamides is 1. The summed E-state index contributed by atoms with van der Waals surface area (Å²) in [5.74, 6) is 0.697. The Kier molecular flexibility index (Phi) is 3.98. The summed E-state index contributed by atoms with van der Waals surface area (Å²) in [5, 5.41) is 12.4. The van der Waals surface area contributed by atoms with E-state index >= 15 is 0 Å². The number of nitrogens with zero attached hydrogens (tertiary/aromatic N) is 2. The van der Waals surface area contributed by atoms with Crippen molar-refractivity contribution in [3.63, 3.8) is 0 Å². The standard InChI is InChI=1S/C12H22N4O2S/c1-12(2)8-10(9-14-12)4-3-6-16-7-5-11(15-16)19(13,17)18/h5,7,10,14H,3-4,6,8-9H2,1-2H3,(H2,13,17,18)/t10-/m0/s1. The molecule has 1 fully saturated rings. The van der Waals surface area contributed by atoms with Crippen LogP contribution in [0.25, 0.3) is 0 Å². The maximum absolute atomic E-state index is 11.1. The van der Waals surface area contributed by atoms with Crippen LogP contribution in [0.2, 0.25) is 0 Å². The molecule has 0 unspecified atom stereocenters. The van der Waals surface area contributed by atoms with Crippen molar-refractivity contribution >= 4 is 10.0 Å². The zero-order chi connectivity index (χ0) is 14.1. The average molecular weight is 286 g/mol. The zero-order valence-electron chi connectivity index (χ0n) is 11.5. The van der Waals surface area contributed by atoms with Crippen LogP contribution in [0, 0.1) is 5.92 Å². The normalized spacial score (nSPS) is 22.8. The van der Waals surface area contributed by atoms with E-state index in [1.54, 1.807) is 10.9 Å². The second-order valence-electron chi connectivity index (χ2n) is 5.94. The summed E-state index contributed by atoms with van der Waals surface area (Å²) >= 11 is 0. The summed E-state index contributed by atoms with van der Waals surface area (Å²) in [6, 6.07) is 1.44. The molecule has 1 saturated heterocycles. The molecule has 0 aliphatic carbocycles. The lowest BCUT2D eigenvalue weighted by molar-refractivity contribution is 0.415. The van der Waals surface area contributed by atoms with Gasteiger partial charge in [0.25, 0.3) is 10.0 Å². The van der Waals surface area contributed by atoms with E-state index < -0.39 is 10.0 Å². The van der Waals surface area contributed by atoms with E-state index in [0.717, 1.165) is 25.9 Å². The Labute approximate surface area is 114 Å². The van der Waals surface area contributed by atoms with Gasteiger partial charge in [0.15, 0.2) is 5.03 Å². The van der Waals surface area contributed by atoms with Gasteiger partial charge in [-0.3, -0.25) is 4.68 Å². The fourth-order valence-corrected chi connectivity index (χ4v) is 3.12. The summed E-state index contributed by atoms with van der Waals surface area (Å²) in [7, 11) is -3.68. The molecule has 108 valence electrons. The summed E-state index contributed by atoms with van der Waals surface area (Å²) in [4.78, 5) is 0. The largest absolute Gasteiger partial charge is 0.312 e. The minimum Gasteiger partial charge on any atom is -0.312 e. The summed E-state index contributed by atoms with van der Waals surface area (Å²) < 4.78 is 23.8. The Morgan fingerprint density at radius 1 is 1.58 bits per heavy atom. The first kappa shape index (κ1) is 14.5. The van der Waals surface area contributed by atoms with Crippen LogP contribution >= 0.6 is 0 Å². The number of rotatable bonds is 5. The molecule has 7 heteroatoms. The van der Waals surface area contributed by atoms with Crippen molar-refractivity contribution in [2.24, 2.45) is 11.1 Å². The molecule has 2 heterocycles. The van der Waals surface area contributed by atoms with Gasteiger partial charge in [0.1, 0.15) is 0 Å². The lowest BCUT2D eigenvalue weighted by atomic mass is 9.94. The molecule has 0 spiro atoms. The Morgan fingerprint density at radius 3 is 2.84 bits per heavy atom. The molecule has 0 saturated carbocycles. The van der Waals surface area contributed by atoms with Gasteiger partial charge in [-0.25, -0.2) is 13.6 Å². The molecule has 6 nitrogen and oxygen atoms in total. The highest BCUT2D eigenvalue weighted by molar-refractivity contribution is 7.89. The molecular weight excluding hydrogens is 264 g/mol. The van der Waals surface area contributed by atoms with Crippen molar-refractivity contribution in [3.8, 4) is 0 Å². The van der Waals surface area contributed by atoms with Crippen LogP contribution in [-0.4, -0.2) is 30.3 Å². The lowest BCUT2D eigenvalue weighted by Gasteiger charge is -2.17. The fourth-order valence-electron chi connectivity index (χ4n) is 2.65. The third-order valence-corrected chi connectivity index (χ3v) is 4.38. The molecule has 1 aromatic heterocycles. The molecule has 0 bridgehead atoms. The van der Waals surface area contributed by atoms with Crippen molar-refractivity contribution in [1.29, 1.82) is 0 Å². The van der Waals surface area contributed by atoms with Gasteiger partial charge in [0.2, 0.25) is 0 Å². The molecule has 0 radical (unpaired) electrons. The molecule has 3 N–H and O–H groups in total. The van der Waals surface area contributed by atoms with Crippen molar-refractivity contribution in [3.05, 3.63) is 12.3 Å². The first-order chi connectivity index (χ1) is 8.76. The number of sulfonamides is 1. The van der Waals surface area contributed by atoms with Crippen molar-refractivity contribution in [2.75, 3.05) is 6.54 Å². The topological polar surface area (TPSA) is 90.0 Å². The van der Waals surface area contributed by atoms with Crippen LogP contribution in [0.4, 0.5) is 0 Å². The SMILES string of the molecule is CC1(C)C[C@H](CCCn2ccc(S(N)(=O)=O)n2)CN1. The first-order valence-corrected chi connectivity index (χ1v) is 8.12. The molecule has 2 rings (SSSR count). The van der Waals surface area contributed by atoms with Gasteiger partial charge in [-0.2, -0.15) is 5.10 Å². The van der Waals surface area contributed by atoms with E-state index in [4.69, 9.17) is 5.14 Å². The third-order valence-electron chi connectivity index (χ3n) is 3.58. The lowest BCUT2D eigenvalue weighted by Crippen LogP contribution is -2.31. The van der Waals surface area contributed by atoms with Gasteiger partial charge in [-0.15, -0.1) is 0 Å². The first-order valence-electron chi connectivity index (χ1n) is 6.58. The number of hydrogen-bond donors (Lipinski definition) is 2. The van der Waals surface area contributed by atoms with Crippen LogP contribution in [0.5, 0.6) is 0 Å². The van der Waals surface area contributed by atoms with Gasteiger partial charge in [-0.1, -0.05) is 0 Å². The van der Waals surface area contributed by atoms with Crippen LogP contribution < -0.4 is 10.5 Å². The minimum absolute atomic E-state index is 0.0591. The van der Waals surface area contributed by atoms with Crippen molar-refractivity contribution in [1.82, 2.24) is 15.1 Å². The van der Waals surface area contributed by atoms with E-state index in [-0.39, 0.29) is 10.6 Å². The number of hydrogen-bond acceptors (Lipinski definition) is 4. The predicted molar refractivity (Wildman–Crippen MR) is 73.0 cm³/mol. The second kappa shape index (κ2) is 5.22. The maximum atomic E-state index is 11.1. The smallest absolute Gasteiger partial charge is 0.257 e. The molecule has 1 atom stereocenters. The van der Waals surface area contributed by atoms with Crippen LogP contribution in [0.3, 0.4) is 0 Å². The highest BCUT2D eigenvalue weighted by Crippen LogP contribution is 2.26. The molecule has 0 amide bonds.